The summed E-state index contributed by atoms with van der Waals surface area (Å²) in [5, 5.41) is 0.579. The van der Waals surface area contributed by atoms with Crippen LogP contribution in [0.5, 0.6) is 5.75 Å². The molecular weight excluding hydrogens is 416 g/mol. The number of aromatic nitrogens is 1. The third-order valence-electron chi connectivity index (χ3n) is 2.49. The molecule has 112 valence electrons. The Morgan fingerprint density at radius 3 is 2.76 bits per heavy atom. The molecule has 0 aliphatic heterocycles. The van der Waals surface area contributed by atoms with Crippen molar-refractivity contribution >= 4 is 48.7 Å². The van der Waals surface area contributed by atoms with E-state index in [4.69, 9.17) is 0 Å². The summed E-state index contributed by atoms with van der Waals surface area (Å²) in [6.07, 6.45) is -2.66. The highest BCUT2D eigenvalue weighted by Gasteiger charge is 2.45. The number of alkyl halides is 2. The van der Waals surface area contributed by atoms with E-state index in [9.17, 15) is 13.6 Å². The fourth-order valence-electron chi connectivity index (χ4n) is 1.63. The van der Waals surface area contributed by atoms with E-state index in [2.05, 4.69) is 46.3 Å². The summed E-state index contributed by atoms with van der Waals surface area (Å²) in [4.78, 5) is 15.3. The molecule has 8 heteroatoms. The average Bonchev–Trinajstić information content (AvgIpc) is 2.44. The predicted molar refractivity (Wildman–Crippen MR) is 79.4 cm³/mol. The van der Waals surface area contributed by atoms with Gasteiger partial charge in [0.05, 0.1) is 11.1 Å². The number of carbonyl (C=O) groups is 1. The summed E-state index contributed by atoms with van der Waals surface area (Å²) in [7, 11) is 0. The molecule has 0 radical (unpaired) electrons. The molecule has 4 nitrogen and oxygen atoms in total. The Bertz CT molecular complexity index is 694. The van der Waals surface area contributed by atoms with Gasteiger partial charge in [0.1, 0.15) is 5.52 Å². The molecule has 1 heterocycles. The van der Waals surface area contributed by atoms with E-state index in [1.165, 1.54) is 13.1 Å². The Morgan fingerprint density at radius 1 is 1.38 bits per heavy atom. The van der Waals surface area contributed by atoms with E-state index in [1.807, 2.05) is 0 Å². The van der Waals surface area contributed by atoms with Gasteiger partial charge >= 0.3 is 12.1 Å². The van der Waals surface area contributed by atoms with Gasteiger partial charge in [-0.15, -0.1) is 0 Å². The molecule has 0 amide bonds. The minimum atomic E-state index is -4.10. The van der Waals surface area contributed by atoms with E-state index >= 15 is 0 Å². The number of nitrogens with zero attached hydrogens (tertiary/aromatic N) is 1. The fourth-order valence-corrected chi connectivity index (χ4v) is 2.98. The molecule has 0 N–H and O–H groups in total. The second-order valence-electron chi connectivity index (χ2n) is 3.91. The Morgan fingerprint density at radius 2 is 2.10 bits per heavy atom. The highest BCUT2D eigenvalue weighted by atomic mass is 79.9. The van der Waals surface area contributed by atoms with Crippen molar-refractivity contribution in [2.24, 2.45) is 0 Å². The normalized spacial score (nSPS) is 11.5. The van der Waals surface area contributed by atoms with Gasteiger partial charge in [0.15, 0.2) is 5.75 Å². The summed E-state index contributed by atoms with van der Waals surface area (Å²) in [6, 6.07) is 4.89. The molecule has 1 aromatic heterocycles. The first-order valence-corrected chi connectivity index (χ1v) is 7.42. The van der Waals surface area contributed by atoms with Crippen LogP contribution in [0.15, 0.2) is 33.3 Å². The van der Waals surface area contributed by atoms with E-state index in [0.29, 0.717) is 9.86 Å². The zero-order valence-electron chi connectivity index (χ0n) is 10.7. The van der Waals surface area contributed by atoms with Gasteiger partial charge in [0.2, 0.25) is 0 Å². The third kappa shape index (κ3) is 3.32. The van der Waals surface area contributed by atoms with Gasteiger partial charge < -0.3 is 9.47 Å². The van der Waals surface area contributed by atoms with Crippen molar-refractivity contribution in [2.45, 2.75) is 13.0 Å². The molecule has 0 aliphatic carbocycles. The number of ether oxygens (including phenoxy) is 2. The minimum absolute atomic E-state index is 0.168. The third-order valence-corrected chi connectivity index (χ3v) is 3.74. The summed E-state index contributed by atoms with van der Waals surface area (Å²) < 4.78 is 37.3. The topological polar surface area (TPSA) is 48.4 Å². The number of esters is 1. The maximum Gasteiger partial charge on any atom is 0.502 e. The van der Waals surface area contributed by atoms with Crippen LogP contribution in [0.2, 0.25) is 0 Å². The number of hydrogen-bond acceptors (Lipinski definition) is 4. The second-order valence-corrected chi connectivity index (χ2v) is 5.62. The van der Waals surface area contributed by atoms with Crippen molar-refractivity contribution in [1.82, 2.24) is 4.98 Å². The average molecular weight is 425 g/mol. The van der Waals surface area contributed by atoms with Crippen molar-refractivity contribution in [2.75, 3.05) is 6.61 Å². The largest absolute Gasteiger partial charge is 0.502 e. The lowest BCUT2D eigenvalue weighted by molar-refractivity contribution is -0.216. The highest BCUT2D eigenvalue weighted by Crippen LogP contribution is 2.39. The zero-order chi connectivity index (χ0) is 15.6. The first kappa shape index (κ1) is 16.1. The van der Waals surface area contributed by atoms with E-state index in [1.54, 1.807) is 18.2 Å². The van der Waals surface area contributed by atoms with Gasteiger partial charge in [-0.2, -0.15) is 8.78 Å². The van der Waals surface area contributed by atoms with E-state index in [0.717, 1.165) is 0 Å². The SMILES string of the molecule is CCOC(=O)C(F)(F)Oc1c(Br)cc(Br)c2cccnc12. The Labute approximate surface area is 135 Å². The molecule has 0 saturated carbocycles. The van der Waals surface area contributed by atoms with Crippen LogP contribution in [0.25, 0.3) is 10.9 Å². The summed E-state index contributed by atoms with van der Waals surface area (Å²) in [5.74, 6) is -1.98. The predicted octanol–water partition coefficient (Wildman–Crippen LogP) is 4.29. The summed E-state index contributed by atoms with van der Waals surface area (Å²) in [5.41, 5.74) is 0.197. The molecule has 0 fully saturated rings. The maximum atomic E-state index is 13.7. The molecule has 1 aromatic carbocycles. The number of rotatable bonds is 4. The van der Waals surface area contributed by atoms with Crippen molar-refractivity contribution < 1.29 is 23.0 Å². The zero-order valence-corrected chi connectivity index (χ0v) is 13.9. The monoisotopic (exact) mass is 423 g/mol. The van der Waals surface area contributed by atoms with Crippen LogP contribution in [-0.2, 0) is 9.53 Å². The standard InChI is InChI=1S/C13H9Br2F2NO3/c1-2-20-12(19)13(16,17)21-11-9(15)6-8(14)7-4-3-5-18-10(7)11/h3-6H,2H2,1H3. The van der Waals surface area contributed by atoms with Crippen LogP contribution in [0, 0.1) is 0 Å². The Hall–Kier alpha value is -1.28. The van der Waals surface area contributed by atoms with Crippen molar-refractivity contribution in [3.63, 3.8) is 0 Å². The second kappa shape index (κ2) is 6.23. The first-order chi connectivity index (χ1) is 9.86. The van der Waals surface area contributed by atoms with Crippen molar-refractivity contribution in [1.29, 1.82) is 0 Å². The molecule has 0 atom stereocenters. The molecule has 0 saturated heterocycles. The van der Waals surface area contributed by atoms with E-state index in [-0.39, 0.29) is 22.3 Å². The summed E-state index contributed by atoms with van der Waals surface area (Å²) >= 11 is 6.44. The Balaban J connectivity index is 2.50. The van der Waals surface area contributed by atoms with Crippen LogP contribution in [0.4, 0.5) is 8.78 Å². The number of pyridine rings is 1. The number of halogens is 4. The molecule has 2 rings (SSSR count). The Kier molecular flexibility index (Phi) is 4.77. The van der Waals surface area contributed by atoms with Crippen LogP contribution in [-0.4, -0.2) is 23.7 Å². The summed E-state index contributed by atoms with van der Waals surface area (Å²) in [6.45, 7) is 1.26. The molecule has 0 bridgehead atoms. The van der Waals surface area contributed by atoms with Crippen molar-refractivity contribution in [3.8, 4) is 5.75 Å². The van der Waals surface area contributed by atoms with Gasteiger partial charge in [-0.25, -0.2) is 4.79 Å². The van der Waals surface area contributed by atoms with Crippen LogP contribution >= 0.6 is 31.9 Å². The lowest BCUT2D eigenvalue weighted by Gasteiger charge is -2.18. The molecule has 21 heavy (non-hydrogen) atoms. The molecular formula is C13H9Br2F2NO3. The van der Waals surface area contributed by atoms with Gasteiger partial charge in [-0.1, -0.05) is 22.0 Å². The van der Waals surface area contributed by atoms with Crippen LogP contribution in [0.1, 0.15) is 6.92 Å². The smallest absolute Gasteiger partial charge is 0.459 e. The van der Waals surface area contributed by atoms with Crippen molar-refractivity contribution in [3.05, 3.63) is 33.3 Å². The van der Waals surface area contributed by atoms with Gasteiger partial charge in [0, 0.05) is 16.1 Å². The van der Waals surface area contributed by atoms with Gasteiger partial charge in [-0.05, 0) is 35.0 Å². The lowest BCUT2D eigenvalue weighted by atomic mass is 10.2. The first-order valence-electron chi connectivity index (χ1n) is 5.83. The fraction of sp³-hybridized carbons (Fsp3) is 0.231. The van der Waals surface area contributed by atoms with Crippen LogP contribution in [0.3, 0.4) is 0 Å². The van der Waals surface area contributed by atoms with Gasteiger partial charge in [-0.3, -0.25) is 4.98 Å². The van der Waals surface area contributed by atoms with Crippen LogP contribution < -0.4 is 4.74 Å². The van der Waals surface area contributed by atoms with E-state index < -0.39 is 12.1 Å². The maximum absolute atomic E-state index is 13.7. The molecule has 0 spiro atoms. The number of carbonyl (C=O) groups excluding carboxylic acids is 1. The van der Waals surface area contributed by atoms with Gasteiger partial charge in [0.25, 0.3) is 0 Å². The lowest BCUT2D eigenvalue weighted by Crippen LogP contribution is -2.37. The molecule has 0 aliphatic rings. The number of benzene rings is 1. The number of hydrogen-bond donors (Lipinski definition) is 0. The quantitative estimate of drug-likeness (QED) is 0.686. The number of fused-ring (bicyclic) bond motifs is 1. The molecule has 0 unspecified atom stereocenters. The highest BCUT2D eigenvalue weighted by molar-refractivity contribution is 9.11. The molecule has 2 aromatic rings. The minimum Gasteiger partial charge on any atom is -0.459 e.